The van der Waals surface area contributed by atoms with Gasteiger partial charge in [-0.1, -0.05) is 25.5 Å². The molecule has 0 aromatic heterocycles. The van der Waals surface area contributed by atoms with Gasteiger partial charge in [-0.3, -0.25) is 0 Å². The van der Waals surface area contributed by atoms with Gasteiger partial charge in [0.1, 0.15) is 5.75 Å². The second kappa shape index (κ2) is 5.35. The predicted molar refractivity (Wildman–Crippen MR) is 66.8 cm³/mol. The van der Waals surface area contributed by atoms with Crippen molar-refractivity contribution in [1.29, 1.82) is 0 Å². The summed E-state index contributed by atoms with van der Waals surface area (Å²) < 4.78 is 5.18. The molecule has 1 fully saturated rings. The summed E-state index contributed by atoms with van der Waals surface area (Å²) in [5.41, 5.74) is 1.38. The Morgan fingerprint density at radius 1 is 1.31 bits per heavy atom. The van der Waals surface area contributed by atoms with Crippen LogP contribution in [0.15, 0.2) is 24.3 Å². The Morgan fingerprint density at radius 2 is 2.00 bits per heavy atom. The van der Waals surface area contributed by atoms with Gasteiger partial charge in [0.15, 0.2) is 0 Å². The van der Waals surface area contributed by atoms with E-state index in [2.05, 4.69) is 24.4 Å². The van der Waals surface area contributed by atoms with Crippen LogP contribution in [0.3, 0.4) is 0 Å². The molecule has 0 bridgehead atoms. The lowest BCUT2D eigenvalue weighted by Gasteiger charge is -2.18. The summed E-state index contributed by atoms with van der Waals surface area (Å²) in [6.07, 6.45) is 5.12. The van der Waals surface area contributed by atoms with Crippen LogP contribution in [-0.4, -0.2) is 13.2 Å². The van der Waals surface area contributed by atoms with Crippen LogP contribution in [0.25, 0.3) is 0 Å². The first-order chi connectivity index (χ1) is 7.83. The third-order valence-corrected chi connectivity index (χ3v) is 3.11. The molecule has 2 rings (SSSR count). The zero-order valence-corrected chi connectivity index (χ0v) is 10.2. The molecule has 1 unspecified atom stereocenters. The lowest BCUT2D eigenvalue weighted by molar-refractivity contribution is 0.414. The van der Waals surface area contributed by atoms with E-state index < -0.39 is 0 Å². The first kappa shape index (κ1) is 11.5. The summed E-state index contributed by atoms with van der Waals surface area (Å²) in [5, 5.41) is 3.70. The first-order valence-corrected chi connectivity index (χ1v) is 6.23. The van der Waals surface area contributed by atoms with Gasteiger partial charge in [-0.25, -0.2) is 0 Å². The molecule has 1 aromatic rings. The fraction of sp³-hybridized carbons (Fsp3) is 0.571. The number of benzene rings is 1. The lowest BCUT2D eigenvalue weighted by Crippen LogP contribution is -2.23. The number of hydrogen-bond acceptors (Lipinski definition) is 2. The summed E-state index contributed by atoms with van der Waals surface area (Å²) in [5.74, 6) is 0.936. The Bertz CT molecular complexity index is 316. The Labute approximate surface area is 98.0 Å². The Balaban J connectivity index is 2.03. The summed E-state index contributed by atoms with van der Waals surface area (Å²) in [6.45, 7) is 2.24. The molecule has 0 amide bonds. The zero-order valence-electron chi connectivity index (χ0n) is 10.2. The van der Waals surface area contributed by atoms with E-state index in [1.165, 1.54) is 31.2 Å². The van der Waals surface area contributed by atoms with E-state index in [1.807, 2.05) is 12.1 Å². The fourth-order valence-electron chi connectivity index (χ4n) is 2.01. The minimum absolute atomic E-state index is 0.517. The molecular formula is C14H21NO. The maximum atomic E-state index is 5.18. The molecule has 0 saturated heterocycles. The molecule has 88 valence electrons. The summed E-state index contributed by atoms with van der Waals surface area (Å²) in [6, 6.07) is 9.73. The summed E-state index contributed by atoms with van der Waals surface area (Å²) in [7, 11) is 1.71. The van der Waals surface area contributed by atoms with Gasteiger partial charge in [0.2, 0.25) is 0 Å². The van der Waals surface area contributed by atoms with E-state index in [-0.39, 0.29) is 0 Å². The molecule has 1 saturated carbocycles. The number of rotatable bonds is 6. The standard InChI is InChI=1S/C14H21NO/c1-3-4-14(15-12-7-8-12)11-5-9-13(16-2)10-6-11/h5-6,9-10,12,14-15H,3-4,7-8H2,1-2H3. The van der Waals surface area contributed by atoms with Crippen LogP contribution in [0, 0.1) is 0 Å². The van der Waals surface area contributed by atoms with Gasteiger partial charge >= 0.3 is 0 Å². The van der Waals surface area contributed by atoms with E-state index in [0.717, 1.165) is 11.8 Å². The van der Waals surface area contributed by atoms with Crippen molar-refractivity contribution in [3.63, 3.8) is 0 Å². The number of hydrogen-bond donors (Lipinski definition) is 1. The highest BCUT2D eigenvalue weighted by Gasteiger charge is 2.24. The number of methoxy groups -OCH3 is 1. The molecule has 1 aliphatic rings. The van der Waals surface area contributed by atoms with E-state index in [1.54, 1.807) is 7.11 Å². The molecule has 1 atom stereocenters. The molecule has 2 nitrogen and oxygen atoms in total. The second-order valence-corrected chi connectivity index (χ2v) is 4.56. The normalized spacial score (nSPS) is 17.1. The third kappa shape index (κ3) is 2.99. The average Bonchev–Trinajstić information content (AvgIpc) is 3.13. The van der Waals surface area contributed by atoms with Crippen LogP contribution in [0.5, 0.6) is 5.75 Å². The van der Waals surface area contributed by atoms with Gasteiger partial charge in [-0.2, -0.15) is 0 Å². The van der Waals surface area contributed by atoms with Crippen LogP contribution in [0.2, 0.25) is 0 Å². The monoisotopic (exact) mass is 219 g/mol. The highest BCUT2D eigenvalue weighted by Crippen LogP contribution is 2.27. The van der Waals surface area contributed by atoms with E-state index >= 15 is 0 Å². The topological polar surface area (TPSA) is 21.3 Å². The average molecular weight is 219 g/mol. The molecule has 0 spiro atoms. The van der Waals surface area contributed by atoms with Crippen molar-refractivity contribution in [2.75, 3.05) is 7.11 Å². The van der Waals surface area contributed by atoms with Gasteiger partial charge in [0, 0.05) is 12.1 Å². The van der Waals surface area contributed by atoms with E-state index in [0.29, 0.717) is 6.04 Å². The van der Waals surface area contributed by atoms with Crippen molar-refractivity contribution in [1.82, 2.24) is 5.32 Å². The number of nitrogens with one attached hydrogen (secondary N) is 1. The minimum Gasteiger partial charge on any atom is -0.497 e. The van der Waals surface area contributed by atoms with Gasteiger partial charge in [-0.05, 0) is 37.0 Å². The van der Waals surface area contributed by atoms with E-state index in [4.69, 9.17) is 4.74 Å². The van der Waals surface area contributed by atoms with E-state index in [9.17, 15) is 0 Å². The van der Waals surface area contributed by atoms with Crippen molar-refractivity contribution in [2.45, 2.75) is 44.7 Å². The minimum atomic E-state index is 0.517. The SMILES string of the molecule is CCCC(NC1CC1)c1ccc(OC)cc1. The van der Waals surface area contributed by atoms with Crippen LogP contribution < -0.4 is 10.1 Å². The maximum Gasteiger partial charge on any atom is 0.118 e. The number of ether oxygens (including phenoxy) is 1. The third-order valence-electron chi connectivity index (χ3n) is 3.11. The maximum absolute atomic E-state index is 5.18. The first-order valence-electron chi connectivity index (χ1n) is 6.23. The summed E-state index contributed by atoms with van der Waals surface area (Å²) in [4.78, 5) is 0. The molecule has 1 aromatic carbocycles. The van der Waals surface area contributed by atoms with Crippen molar-refractivity contribution in [2.24, 2.45) is 0 Å². The van der Waals surface area contributed by atoms with Crippen molar-refractivity contribution >= 4 is 0 Å². The Morgan fingerprint density at radius 3 is 2.50 bits per heavy atom. The zero-order chi connectivity index (χ0) is 11.4. The van der Waals surface area contributed by atoms with Crippen LogP contribution >= 0.6 is 0 Å². The van der Waals surface area contributed by atoms with Crippen molar-refractivity contribution < 1.29 is 4.74 Å². The Kier molecular flexibility index (Phi) is 3.83. The quantitative estimate of drug-likeness (QED) is 0.792. The fourth-order valence-corrected chi connectivity index (χ4v) is 2.01. The molecule has 2 heteroatoms. The highest BCUT2D eigenvalue weighted by atomic mass is 16.5. The molecule has 0 radical (unpaired) electrons. The molecule has 0 aliphatic heterocycles. The van der Waals surface area contributed by atoms with Crippen LogP contribution in [-0.2, 0) is 0 Å². The predicted octanol–water partition coefficient (Wildman–Crippen LogP) is 3.29. The second-order valence-electron chi connectivity index (χ2n) is 4.56. The molecule has 0 heterocycles. The van der Waals surface area contributed by atoms with Crippen molar-refractivity contribution in [3.05, 3.63) is 29.8 Å². The Hall–Kier alpha value is -1.02. The molecule has 1 N–H and O–H groups in total. The van der Waals surface area contributed by atoms with Gasteiger partial charge in [-0.15, -0.1) is 0 Å². The molecule has 16 heavy (non-hydrogen) atoms. The molecular weight excluding hydrogens is 198 g/mol. The largest absolute Gasteiger partial charge is 0.497 e. The highest BCUT2D eigenvalue weighted by molar-refractivity contribution is 5.29. The summed E-state index contributed by atoms with van der Waals surface area (Å²) >= 11 is 0. The lowest BCUT2D eigenvalue weighted by atomic mass is 10.0. The van der Waals surface area contributed by atoms with Gasteiger partial charge in [0.05, 0.1) is 7.11 Å². The van der Waals surface area contributed by atoms with Gasteiger partial charge < -0.3 is 10.1 Å². The molecule has 1 aliphatic carbocycles. The van der Waals surface area contributed by atoms with Crippen LogP contribution in [0.4, 0.5) is 0 Å². The smallest absolute Gasteiger partial charge is 0.118 e. The van der Waals surface area contributed by atoms with Crippen LogP contribution in [0.1, 0.15) is 44.2 Å². The van der Waals surface area contributed by atoms with Crippen molar-refractivity contribution in [3.8, 4) is 5.75 Å². The van der Waals surface area contributed by atoms with Gasteiger partial charge in [0.25, 0.3) is 0 Å².